The molecule has 0 unspecified atom stereocenters. The van der Waals surface area contributed by atoms with Crippen LogP contribution in [0.4, 0.5) is 0 Å². The Bertz CT molecular complexity index is 863. The van der Waals surface area contributed by atoms with Crippen LogP contribution in [-0.2, 0) is 18.4 Å². The van der Waals surface area contributed by atoms with E-state index in [0.29, 0.717) is 5.92 Å². The summed E-state index contributed by atoms with van der Waals surface area (Å²) >= 11 is 0. The number of aliphatic imine (C=N–C) groups is 1. The molecule has 1 aliphatic rings. The molecular weight excluding hydrogens is 525 g/mol. The van der Waals surface area contributed by atoms with Gasteiger partial charge in [0.05, 0.1) is 12.2 Å². The number of guanidine groups is 1. The summed E-state index contributed by atoms with van der Waals surface area (Å²) in [6.07, 6.45) is 3.43. The zero-order valence-electron chi connectivity index (χ0n) is 21.2. The Balaban J connectivity index is 0.00000385. The van der Waals surface area contributed by atoms with Crippen LogP contribution in [0.5, 0.6) is 0 Å². The van der Waals surface area contributed by atoms with Gasteiger partial charge in [-0.2, -0.15) is 0 Å². The van der Waals surface area contributed by atoms with Crippen LogP contribution in [0.2, 0.25) is 0 Å². The van der Waals surface area contributed by atoms with Crippen molar-refractivity contribution in [1.29, 1.82) is 0 Å². The summed E-state index contributed by atoms with van der Waals surface area (Å²) in [5.74, 6) is 3.32. The van der Waals surface area contributed by atoms with Crippen molar-refractivity contribution < 1.29 is 4.42 Å². The number of rotatable bonds is 8. The fraction of sp³-hybridized carbons (Fsp3) is 0.615. The number of piperidine rings is 1. The van der Waals surface area contributed by atoms with Crippen LogP contribution in [0, 0.1) is 19.8 Å². The lowest BCUT2D eigenvalue weighted by Crippen LogP contribution is -2.46. The van der Waals surface area contributed by atoms with Gasteiger partial charge in [0, 0.05) is 25.6 Å². The first kappa shape index (κ1) is 27.6. The van der Waals surface area contributed by atoms with E-state index >= 15 is 0 Å². The van der Waals surface area contributed by atoms with Crippen LogP contribution in [0.1, 0.15) is 62.1 Å². The summed E-state index contributed by atoms with van der Waals surface area (Å²) in [4.78, 5) is 11.4. The fourth-order valence-electron chi connectivity index (χ4n) is 4.21. The van der Waals surface area contributed by atoms with Crippen molar-refractivity contribution in [2.45, 2.75) is 65.8 Å². The number of aryl methyl sites for hydroxylation is 3. The molecule has 0 aliphatic carbocycles. The highest BCUT2D eigenvalue weighted by Crippen LogP contribution is 2.23. The predicted molar refractivity (Wildman–Crippen MR) is 148 cm³/mol. The lowest BCUT2D eigenvalue weighted by molar-refractivity contribution is 0.164. The normalized spacial score (nSPS) is 15.9. The van der Waals surface area contributed by atoms with E-state index in [9.17, 15) is 0 Å². The van der Waals surface area contributed by atoms with Crippen molar-refractivity contribution >= 4 is 29.9 Å². The molecular formula is C26H42IN5O. The molecule has 33 heavy (non-hydrogen) atoms. The highest BCUT2D eigenvalue weighted by Gasteiger charge is 2.23. The number of hydrogen-bond donors (Lipinski definition) is 2. The van der Waals surface area contributed by atoms with Crippen LogP contribution < -0.4 is 10.6 Å². The summed E-state index contributed by atoms with van der Waals surface area (Å²) in [5, 5.41) is 7.08. The standard InChI is InChI=1S/C26H41N5O.HI/c1-7-21-8-10-23(11-9-21)26(4,5)18-29-25(27-6)28-16-22-12-14-31(15-13-22)17-24-30-19(2)20(3)32-24;/h8-11,22H,7,12-18H2,1-6H3,(H2,27,28,29);1H. The number of nitrogens with one attached hydrogen (secondary N) is 2. The maximum atomic E-state index is 5.75. The third kappa shape index (κ3) is 7.98. The molecule has 1 saturated heterocycles. The van der Waals surface area contributed by atoms with Gasteiger partial charge in [0.1, 0.15) is 5.76 Å². The molecule has 2 aromatic rings. The maximum Gasteiger partial charge on any atom is 0.208 e. The predicted octanol–water partition coefficient (Wildman–Crippen LogP) is 4.83. The first-order valence-corrected chi connectivity index (χ1v) is 12.0. The molecule has 0 saturated carbocycles. The van der Waals surface area contributed by atoms with Gasteiger partial charge in [0.25, 0.3) is 0 Å². The molecule has 2 N–H and O–H groups in total. The fourth-order valence-corrected chi connectivity index (χ4v) is 4.21. The van der Waals surface area contributed by atoms with Gasteiger partial charge >= 0.3 is 0 Å². The van der Waals surface area contributed by atoms with Gasteiger partial charge in [-0.15, -0.1) is 24.0 Å². The van der Waals surface area contributed by atoms with Crippen LogP contribution in [0.3, 0.4) is 0 Å². The lowest BCUT2D eigenvalue weighted by Gasteiger charge is -2.32. The minimum Gasteiger partial charge on any atom is -0.444 e. The number of hydrogen-bond acceptors (Lipinski definition) is 4. The van der Waals surface area contributed by atoms with Gasteiger partial charge in [0.2, 0.25) is 5.89 Å². The minimum absolute atomic E-state index is 0. The second kappa shape index (κ2) is 12.7. The van der Waals surface area contributed by atoms with E-state index in [1.165, 1.54) is 24.0 Å². The van der Waals surface area contributed by atoms with Crippen molar-refractivity contribution in [2.24, 2.45) is 10.9 Å². The Morgan fingerprint density at radius 1 is 1.15 bits per heavy atom. The molecule has 1 aromatic carbocycles. The molecule has 0 spiro atoms. The number of likely N-dealkylation sites (tertiary alicyclic amines) is 1. The summed E-state index contributed by atoms with van der Waals surface area (Å²) in [7, 11) is 1.85. The molecule has 1 aliphatic heterocycles. The zero-order valence-corrected chi connectivity index (χ0v) is 23.5. The Kier molecular flexibility index (Phi) is 10.7. The van der Waals surface area contributed by atoms with Crippen molar-refractivity contribution in [3.63, 3.8) is 0 Å². The second-order valence-corrected chi connectivity index (χ2v) is 9.71. The highest BCUT2D eigenvalue weighted by molar-refractivity contribution is 14.0. The Morgan fingerprint density at radius 2 is 1.82 bits per heavy atom. The highest BCUT2D eigenvalue weighted by atomic mass is 127. The van der Waals surface area contributed by atoms with Gasteiger partial charge in [-0.25, -0.2) is 4.98 Å². The Labute approximate surface area is 217 Å². The lowest BCUT2D eigenvalue weighted by atomic mass is 9.84. The van der Waals surface area contributed by atoms with Crippen LogP contribution in [0.25, 0.3) is 0 Å². The topological polar surface area (TPSA) is 65.7 Å². The largest absolute Gasteiger partial charge is 0.444 e. The average molecular weight is 568 g/mol. The van der Waals surface area contributed by atoms with Crippen molar-refractivity contribution in [2.75, 3.05) is 33.2 Å². The first-order valence-electron chi connectivity index (χ1n) is 12.0. The number of oxazole rings is 1. The molecule has 0 radical (unpaired) electrons. The molecule has 6 nitrogen and oxygen atoms in total. The molecule has 0 bridgehead atoms. The number of halogens is 1. The molecule has 0 atom stereocenters. The smallest absolute Gasteiger partial charge is 0.208 e. The Hall–Kier alpha value is -1.61. The van der Waals surface area contributed by atoms with Gasteiger partial charge in [-0.3, -0.25) is 9.89 Å². The van der Waals surface area contributed by atoms with Crippen molar-refractivity contribution in [1.82, 2.24) is 20.5 Å². The molecule has 3 rings (SSSR count). The number of benzene rings is 1. The van der Waals surface area contributed by atoms with Crippen LogP contribution in [0.15, 0.2) is 33.7 Å². The summed E-state index contributed by atoms with van der Waals surface area (Å²) in [6.45, 7) is 15.5. The maximum absolute atomic E-state index is 5.75. The van der Waals surface area contributed by atoms with Crippen molar-refractivity contribution in [3.05, 3.63) is 52.7 Å². The van der Waals surface area contributed by atoms with E-state index in [0.717, 1.165) is 62.4 Å². The first-order chi connectivity index (χ1) is 15.3. The van der Waals surface area contributed by atoms with Gasteiger partial charge < -0.3 is 15.1 Å². The van der Waals surface area contributed by atoms with E-state index in [2.05, 4.69) is 70.5 Å². The summed E-state index contributed by atoms with van der Waals surface area (Å²) in [6, 6.07) is 8.98. The van der Waals surface area contributed by atoms with Crippen molar-refractivity contribution in [3.8, 4) is 0 Å². The van der Waals surface area contributed by atoms with Crippen LogP contribution in [-0.4, -0.2) is 49.1 Å². The zero-order chi connectivity index (χ0) is 23.1. The van der Waals surface area contributed by atoms with E-state index in [1.54, 1.807) is 0 Å². The average Bonchev–Trinajstić information content (AvgIpc) is 3.11. The second-order valence-electron chi connectivity index (χ2n) is 9.71. The monoisotopic (exact) mass is 567 g/mol. The SMILES string of the molecule is CCc1ccc(C(C)(C)CNC(=NC)NCC2CCN(Cc3nc(C)c(C)o3)CC2)cc1.I. The Morgan fingerprint density at radius 3 is 2.36 bits per heavy atom. The van der Waals surface area contributed by atoms with Gasteiger partial charge in [-0.05, 0) is 63.2 Å². The number of nitrogens with zero attached hydrogens (tertiary/aromatic N) is 3. The molecule has 1 aromatic heterocycles. The van der Waals surface area contributed by atoms with Crippen LogP contribution >= 0.6 is 24.0 Å². The molecule has 1 fully saturated rings. The summed E-state index contributed by atoms with van der Waals surface area (Å²) in [5.41, 5.74) is 3.76. The minimum atomic E-state index is 0. The van der Waals surface area contributed by atoms with E-state index < -0.39 is 0 Å². The molecule has 2 heterocycles. The molecule has 0 amide bonds. The summed E-state index contributed by atoms with van der Waals surface area (Å²) < 4.78 is 5.75. The quantitative estimate of drug-likeness (QED) is 0.272. The third-order valence-corrected chi connectivity index (χ3v) is 6.76. The van der Waals surface area contributed by atoms with Gasteiger partial charge in [0.15, 0.2) is 5.96 Å². The van der Waals surface area contributed by atoms with E-state index in [1.807, 2.05) is 20.9 Å². The number of aromatic nitrogens is 1. The molecule has 184 valence electrons. The van der Waals surface area contributed by atoms with E-state index in [4.69, 9.17) is 4.42 Å². The van der Waals surface area contributed by atoms with Gasteiger partial charge in [-0.1, -0.05) is 45.0 Å². The molecule has 7 heteroatoms. The van der Waals surface area contributed by atoms with E-state index in [-0.39, 0.29) is 29.4 Å². The third-order valence-electron chi connectivity index (χ3n) is 6.76.